The van der Waals surface area contributed by atoms with Crippen LogP contribution in [-0.4, -0.2) is 57.4 Å². The van der Waals surface area contributed by atoms with Crippen LogP contribution in [0.5, 0.6) is 11.5 Å². The van der Waals surface area contributed by atoms with E-state index in [4.69, 9.17) is 15.2 Å². The Kier molecular flexibility index (Phi) is 5.44. The third-order valence-corrected chi connectivity index (χ3v) is 3.45. The Hall–Kier alpha value is -1.30. The fraction of sp³-hybridized carbons (Fsp3) is 0.571. The Labute approximate surface area is 114 Å². The summed E-state index contributed by atoms with van der Waals surface area (Å²) in [5.41, 5.74) is 5.78. The highest BCUT2D eigenvalue weighted by Crippen LogP contribution is 2.25. The summed E-state index contributed by atoms with van der Waals surface area (Å²) in [4.78, 5) is 2.38. The largest absolute Gasteiger partial charge is 0.493 e. The molecule has 0 amide bonds. The van der Waals surface area contributed by atoms with Gasteiger partial charge in [-0.2, -0.15) is 0 Å². The molecule has 5 heteroatoms. The molecule has 1 fully saturated rings. The summed E-state index contributed by atoms with van der Waals surface area (Å²) in [6.45, 7) is 5.23. The van der Waals surface area contributed by atoms with Gasteiger partial charge in [0.15, 0.2) is 11.5 Å². The van der Waals surface area contributed by atoms with E-state index in [1.807, 2.05) is 24.3 Å². The van der Waals surface area contributed by atoms with E-state index in [1.54, 1.807) is 7.11 Å². The summed E-state index contributed by atoms with van der Waals surface area (Å²) in [5, 5.41) is 3.36. The van der Waals surface area contributed by atoms with Crippen LogP contribution in [0.15, 0.2) is 24.3 Å². The summed E-state index contributed by atoms with van der Waals surface area (Å²) in [6.07, 6.45) is 0. The summed E-state index contributed by atoms with van der Waals surface area (Å²) >= 11 is 0. The molecular formula is C14H23N3O2. The average Bonchev–Trinajstić information content (AvgIpc) is 2.48. The van der Waals surface area contributed by atoms with Gasteiger partial charge in [-0.25, -0.2) is 0 Å². The lowest BCUT2D eigenvalue weighted by molar-refractivity contribution is 0.136. The summed E-state index contributed by atoms with van der Waals surface area (Å²) in [6, 6.07) is 8.13. The van der Waals surface area contributed by atoms with Gasteiger partial charge in [0, 0.05) is 38.8 Å². The van der Waals surface area contributed by atoms with Gasteiger partial charge in [-0.3, -0.25) is 4.90 Å². The van der Waals surface area contributed by atoms with Crippen LogP contribution in [0.25, 0.3) is 0 Å². The molecule has 19 heavy (non-hydrogen) atoms. The topological polar surface area (TPSA) is 59.8 Å². The van der Waals surface area contributed by atoms with Crippen molar-refractivity contribution in [2.45, 2.75) is 6.04 Å². The molecule has 2 rings (SSSR count). The quantitative estimate of drug-likeness (QED) is 0.775. The molecule has 1 heterocycles. The first-order valence-electron chi connectivity index (χ1n) is 6.76. The van der Waals surface area contributed by atoms with Crippen LogP contribution in [0.1, 0.15) is 0 Å². The molecule has 1 saturated heterocycles. The fourth-order valence-electron chi connectivity index (χ4n) is 2.34. The molecule has 3 N–H and O–H groups in total. The van der Waals surface area contributed by atoms with E-state index in [1.165, 1.54) is 0 Å². The molecule has 0 aliphatic carbocycles. The predicted octanol–water partition coefficient (Wildman–Crippen LogP) is 0.307. The maximum absolute atomic E-state index is 5.80. The van der Waals surface area contributed by atoms with Gasteiger partial charge in [0.2, 0.25) is 0 Å². The number of piperazine rings is 1. The Morgan fingerprint density at radius 1 is 1.37 bits per heavy atom. The van der Waals surface area contributed by atoms with Gasteiger partial charge in [0.1, 0.15) is 6.61 Å². The Morgan fingerprint density at radius 3 is 2.89 bits per heavy atom. The lowest BCUT2D eigenvalue weighted by Gasteiger charge is -2.35. The van der Waals surface area contributed by atoms with Crippen LogP contribution in [0.4, 0.5) is 0 Å². The predicted molar refractivity (Wildman–Crippen MR) is 75.8 cm³/mol. The Balaban J connectivity index is 1.82. The van der Waals surface area contributed by atoms with Gasteiger partial charge in [-0.15, -0.1) is 0 Å². The van der Waals surface area contributed by atoms with E-state index in [2.05, 4.69) is 10.2 Å². The lowest BCUT2D eigenvalue weighted by Crippen LogP contribution is -2.55. The number of benzene rings is 1. The van der Waals surface area contributed by atoms with Crippen molar-refractivity contribution in [2.24, 2.45) is 5.73 Å². The van der Waals surface area contributed by atoms with Crippen molar-refractivity contribution in [3.8, 4) is 11.5 Å². The maximum atomic E-state index is 5.80. The van der Waals surface area contributed by atoms with Crippen molar-refractivity contribution in [3.05, 3.63) is 24.3 Å². The smallest absolute Gasteiger partial charge is 0.161 e. The average molecular weight is 265 g/mol. The fourth-order valence-corrected chi connectivity index (χ4v) is 2.34. The normalized spacial score (nSPS) is 20.2. The molecule has 0 spiro atoms. The highest BCUT2D eigenvalue weighted by Gasteiger charge is 2.20. The minimum Gasteiger partial charge on any atom is -0.493 e. The zero-order valence-electron chi connectivity index (χ0n) is 11.5. The second-order valence-corrected chi connectivity index (χ2v) is 4.63. The van der Waals surface area contributed by atoms with Crippen LogP contribution in [-0.2, 0) is 0 Å². The maximum Gasteiger partial charge on any atom is 0.161 e. The molecule has 0 radical (unpaired) electrons. The van der Waals surface area contributed by atoms with Gasteiger partial charge in [0.05, 0.1) is 7.11 Å². The molecular weight excluding hydrogens is 242 g/mol. The highest BCUT2D eigenvalue weighted by atomic mass is 16.5. The molecule has 0 aromatic heterocycles. The SMILES string of the molecule is COc1ccccc1OCCN1CCNCC1CN. The number of nitrogens with two attached hydrogens (primary N) is 1. The van der Waals surface area contributed by atoms with Crippen molar-refractivity contribution < 1.29 is 9.47 Å². The van der Waals surface area contributed by atoms with Gasteiger partial charge in [-0.05, 0) is 12.1 Å². The van der Waals surface area contributed by atoms with E-state index in [0.29, 0.717) is 19.2 Å². The third kappa shape index (κ3) is 3.83. The zero-order chi connectivity index (χ0) is 13.5. The highest BCUT2D eigenvalue weighted by molar-refractivity contribution is 5.39. The second-order valence-electron chi connectivity index (χ2n) is 4.63. The first kappa shape index (κ1) is 14.1. The Morgan fingerprint density at radius 2 is 2.16 bits per heavy atom. The van der Waals surface area contributed by atoms with E-state index < -0.39 is 0 Å². The zero-order valence-corrected chi connectivity index (χ0v) is 11.5. The molecule has 1 unspecified atom stereocenters. The van der Waals surface area contributed by atoms with Gasteiger partial charge in [0.25, 0.3) is 0 Å². The number of nitrogens with one attached hydrogen (secondary N) is 1. The van der Waals surface area contributed by atoms with E-state index in [0.717, 1.165) is 37.7 Å². The first-order valence-corrected chi connectivity index (χ1v) is 6.76. The van der Waals surface area contributed by atoms with Crippen molar-refractivity contribution in [2.75, 3.05) is 46.4 Å². The number of methoxy groups -OCH3 is 1. The lowest BCUT2D eigenvalue weighted by atomic mass is 10.2. The van der Waals surface area contributed by atoms with Gasteiger partial charge in [-0.1, -0.05) is 12.1 Å². The molecule has 1 aromatic rings. The summed E-state index contributed by atoms with van der Waals surface area (Å²) in [5.74, 6) is 1.57. The molecule has 1 atom stereocenters. The van der Waals surface area contributed by atoms with Gasteiger partial charge < -0.3 is 20.5 Å². The van der Waals surface area contributed by atoms with E-state index in [-0.39, 0.29) is 0 Å². The minimum absolute atomic E-state index is 0.412. The molecule has 0 bridgehead atoms. The van der Waals surface area contributed by atoms with E-state index in [9.17, 15) is 0 Å². The molecule has 106 valence electrons. The van der Waals surface area contributed by atoms with Crippen LogP contribution >= 0.6 is 0 Å². The second kappa shape index (κ2) is 7.33. The van der Waals surface area contributed by atoms with E-state index >= 15 is 0 Å². The molecule has 1 aliphatic heterocycles. The first-order chi connectivity index (χ1) is 9.35. The van der Waals surface area contributed by atoms with Crippen LogP contribution < -0.4 is 20.5 Å². The summed E-state index contributed by atoms with van der Waals surface area (Å²) < 4.78 is 11.1. The number of ether oxygens (including phenoxy) is 2. The van der Waals surface area contributed by atoms with Crippen molar-refractivity contribution in [1.29, 1.82) is 0 Å². The number of hydrogen-bond donors (Lipinski definition) is 2. The number of nitrogens with zero attached hydrogens (tertiary/aromatic N) is 1. The minimum atomic E-state index is 0.412. The third-order valence-electron chi connectivity index (χ3n) is 3.45. The van der Waals surface area contributed by atoms with Crippen LogP contribution in [0, 0.1) is 0 Å². The van der Waals surface area contributed by atoms with Crippen LogP contribution in [0.2, 0.25) is 0 Å². The molecule has 0 saturated carbocycles. The van der Waals surface area contributed by atoms with Crippen molar-refractivity contribution in [1.82, 2.24) is 10.2 Å². The Bertz CT molecular complexity index is 387. The van der Waals surface area contributed by atoms with Crippen molar-refractivity contribution >= 4 is 0 Å². The molecule has 5 nitrogen and oxygen atoms in total. The monoisotopic (exact) mass is 265 g/mol. The molecule has 1 aliphatic rings. The number of rotatable bonds is 6. The van der Waals surface area contributed by atoms with Gasteiger partial charge >= 0.3 is 0 Å². The van der Waals surface area contributed by atoms with Crippen LogP contribution in [0.3, 0.4) is 0 Å². The molecule has 1 aromatic carbocycles. The van der Waals surface area contributed by atoms with Crippen molar-refractivity contribution in [3.63, 3.8) is 0 Å². The number of hydrogen-bond acceptors (Lipinski definition) is 5. The summed E-state index contributed by atoms with van der Waals surface area (Å²) in [7, 11) is 1.66. The standard InChI is InChI=1S/C14H23N3O2/c1-18-13-4-2-3-5-14(13)19-9-8-17-7-6-16-11-12(17)10-15/h2-5,12,16H,6-11,15H2,1H3. The number of para-hydroxylation sites is 2.